The van der Waals surface area contributed by atoms with E-state index in [1.54, 1.807) is 0 Å². The van der Waals surface area contributed by atoms with E-state index in [4.69, 9.17) is 31.2 Å². The van der Waals surface area contributed by atoms with E-state index in [1.165, 1.54) is 0 Å². The zero-order valence-electron chi connectivity index (χ0n) is 21.1. The van der Waals surface area contributed by atoms with Gasteiger partial charge in [0.05, 0.1) is 6.61 Å². The summed E-state index contributed by atoms with van der Waals surface area (Å²) >= 11 is 9.58. The number of ether oxygens (including phenoxy) is 2. The molecule has 1 aliphatic heterocycles. The lowest BCUT2D eigenvalue weighted by Crippen LogP contribution is -2.56. The minimum absolute atomic E-state index is 0.0816. The van der Waals surface area contributed by atoms with Gasteiger partial charge in [0, 0.05) is 41.1 Å². The van der Waals surface area contributed by atoms with Gasteiger partial charge >= 0.3 is 0 Å². The number of carbonyl (C=O) groups excluding carboxylic acids is 1. The maximum absolute atomic E-state index is 13.7. The van der Waals surface area contributed by atoms with Crippen LogP contribution in [0.2, 0.25) is 5.02 Å². The number of aliphatic imine (C=N–C) groups is 1. The van der Waals surface area contributed by atoms with Crippen molar-refractivity contribution in [3.8, 4) is 5.75 Å². The number of amides is 1. The zero-order chi connectivity index (χ0) is 27.0. The highest BCUT2D eigenvalue weighted by molar-refractivity contribution is 9.10. The van der Waals surface area contributed by atoms with E-state index >= 15 is 0 Å². The Morgan fingerprint density at radius 3 is 2.58 bits per heavy atom. The van der Waals surface area contributed by atoms with Crippen LogP contribution in [0.3, 0.4) is 0 Å². The molecular weight excluding hydrogens is 570 g/mol. The van der Waals surface area contributed by atoms with Gasteiger partial charge in [0.25, 0.3) is 5.91 Å². The molecule has 0 aliphatic carbocycles. The topological polar surface area (TPSA) is 92.2 Å². The van der Waals surface area contributed by atoms with E-state index in [0.29, 0.717) is 42.7 Å². The zero-order valence-corrected chi connectivity index (χ0v) is 23.5. The van der Waals surface area contributed by atoms with Crippen molar-refractivity contribution in [1.82, 2.24) is 10.9 Å². The molecule has 1 amide bonds. The highest BCUT2D eigenvalue weighted by Gasteiger charge is 2.50. The maximum atomic E-state index is 13.7. The van der Waals surface area contributed by atoms with E-state index in [-0.39, 0.29) is 12.5 Å². The van der Waals surface area contributed by atoms with Crippen LogP contribution in [0.25, 0.3) is 0 Å². The normalized spacial score (nSPS) is 18.5. The van der Waals surface area contributed by atoms with Crippen LogP contribution in [-0.2, 0) is 22.4 Å². The van der Waals surface area contributed by atoms with Gasteiger partial charge in [0.15, 0.2) is 5.54 Å². The van der Waals surface area contributed by atoms with E-state index in [2.05, 4.69) is 26.8 Å². The Labute approximate surface area is 236 Å². The van der Waals surface area contributed by atoms with Crippen molar-refractivity contribution in [1.29, 1.82) is 0 Å². The molecule has 0 saturated heterocycles. The Hall–Kier alpha value is -2.91. The lowest BCUT2D eigenvalue weighted by molar-refractivity contribution is -0.129. The predicted molar refractivity (Wildman–Crippen MR) is 153 cm³/mol. The molecule has 3 N–H and O–H groups in total. The summed E-state index contributed by atoms with van der Waals surface area (Å²) in [5.41, 5.74) is 7.57. The summed E-state index contributed by atoms with van der Waals surface area (Å²) in [7, 11) is 0. The van der Waals surface area contributed by atoms with Gasteiger partial charge in [-0.05, 0) is 66.9 Å². The maximum Gasteiger partial charge on any atom is 0.266 e. The van der Waals surface area contributed by atoms with E-state index in [9.17, 15) is 4.79 Å². The first-order chi connectivity index (χ1) is 18.4. The molecule has 1 heterocycles. The molecule has 9 heteroatoms. The van der Waals surface area contributed by atoms with Crippen LogP contribution in [0, 0.1) is 0 Å². The molecule has 0 unspecified atom stereocenters. The highest BCUT2D eigenvalue weighted by atomic mass is 79.9. The predicted octanol–water partition coefficient (Wildman–Crippen LogP) is 4.87. The number of nitrogens with one attached hydrogen (secondary N) is 2. The number of benzene rings is 3. The average molecular weight is 601 g/mol. The Kier molecular flexibility index (Phi) is 9.80. The van der Waals surface area contributed by atoms with Crippen molar-refractivity contribution >= 4 is 39.3 Å². The first kappa shape index (κ1) is 28.1. The van der Waals surface area contributed by atoms with Crippen LogP contribution in [0.1, 0.15) is 30.0 Å². The van der Waals surface area contributed by atoms with Gasteiger partial charge in [0.2, 0.25) is 5.90 Å². The number of hydrazine groups is 1. The number of halogens is 2. The number of aliphatic hydroxyl groups is 1. The molecule has 3 aromatic rings. The van der Waals surface area contributed by atoms with Crippen molar-refractivity contribution in [3.05, 3.63) is 99.0 Å². The standard InChI is InChI=1S/C29H31BrClN3O4/c1-20-29(19-23-5-2-3-6-26(23)30,28(36)34-32-16-15-21-7-11-24(31)12-8-21)33-27(38-20)22-9-13-25(14-10-22)37-18-4-17-35/h2-3,5-14,20,32,35H,4,15-19H2,1H3,(H,34,36)/t20-,29-/m0/s1. The van der Waals surface area contributed by atoms with Gasteiger partial charge in [-0.25, -0.2) is 10.4 Å². The number of aliphatic hydroxyl groups excluding tert-OH is 1. The fraction of sp³-hybridized carbons (Fsp3) is 0.310. The van der Waals surface area contributed by atoms with Crippen LogP contribution in [0.5, 0.6) is 5.75 Å². The van der Waals surface area contributed by atoms with Crippen LogP contribution in [0.15, 0.2) is 82.3 Å². The Balaban J connectivity index is 1.52. The fourth-order valence-electron chi connectivity index (χ4n) is 4.18. The van der Waals surface area contributed by atoms with Gasteiger partial charge in [-0.3, -0.25) is 10.2 Å². The van der Waals surface area contributed by atoms with Crippen molar-refractivity contribution < 1.29 is 19.4 Å². The van der Waals surface area contributed by atoms with E-state index in [1.807, 2.05) is 79.7 Å². The number of nitrogens with zero attached hydrogens (tertiary/aromatic N) is 1. The largest absolute Gasteiger partial charge is 0.494 e. The Morgan fingerprint density at radius 2 is 1.87 bits per heavy atom. The lowest BCUT2D eigenvalue weighted by Gasteiger charge is -2.28. The van der Waals surface area contributed by atoms with Crippen molar-refractivity contribution in [2.45, 2.75) is 37.8 Å². The number of hydrogen-bond acceptors (Lipinski definition) is 6. The summed E-state index contributed by atoms with van der Waals surface area (Å²) in [6.07, 6.45) is 1.13. The quantitative estimate of drug-likeness (QED) is 0.204. The van der Waals surface area contributed by atoms with Crippen LogP contribution in [0.4, 0.5) is 0 Å². The molecule has 0 fully saturated rings. The third-order valence-electron chi connectivity index (χ3n) is 6.40. The second-order valence-electron chi connectivity index (χ2n) is 9.08. The summed E-state index contributed by atoms with van der Waals surface area (Å²) in [5, 5.41) is 9.64. The molecular formula is C29H31BrClN3O4. The molecule has 0 spiro atoms. The Bertz CT molecular complexity index is 1250. The number of hydrogen-bond donors (Lipinski definition) is 3. The summed E-state index contributed by atoms with van der Waals surface area (Å²) in [6.45, 7) is 2.93. The summed E-state index contributed by atoms with van der Waals surface area (Å²) in [4.78, 5) is 18.6. The van der Waals surface area contributed by atoms with Gasteiger partial charge in [-0.2, -0.15) is 0 Å². The summed E-state index contributed by atoms with van der Waals surface area (Å²) in [5.74, 6) is 0.828. The molecule has 0 radical (unpaired) electrons. The van der Waals surface area contributed by atoms with Crippen molar-refractivity contribution in [2.24, 2.45) is 4.99 Å². The SMILES string of the molecule is C[C@@H]1OC(c2ccc(OCCCO)cc2)=N[C@]1(Cc1ccccc1Br)C(=O)NNCCc1ccc(Cl)cc1. The van der Waals surface area contributed by atoms with E-state index < -0.39 is 11.6 Å². The molecule has 0 aromatic heterocycles. The van der Waals surface area contributed by atoms with Crippen LogP contribution in [-0.4, -0.2) is 48.3 Å². The first-order valence-electron chi connectivity index (χ1n) is 12.5. The molecule has 0 bridgehead atoms. The molecule has 1 aliphatic rings. The minimum atomic E-state index is -1.18. The smallest absolute Gasteiger partial charge is 0.266 e. The second-order valence-corrected chi connectivity index (χ2v) is 10.4. The van der Waals surface area contributed by atoms with Gasteiger partial charge < -0.3 is 14.6 Å². The molecule has 7 nitrogen and oxygen atoms in total. The van der Waals surface area contributed by atoms with Crippen LogP contribution < -0.4 is 15.6 Å². The highest BCUT2D eigenvalue weighted by Crippen LogP contribution is 2.34. The molecule has 4 rings (SSSR count). The number of rotatable bonds is 12. The summed E-state index contributed by atoms with van der Waals surface area (Å²) < 4.78 is 12.7. The second kappa shape index (κ2) is 13.2. The molecule has 3 aromatic carbocycles. The molecule has 38 heavy (non-hydrogen) atoms. The Morgan fingerprint density at radius 1 is 1.13 bits per heavy atom. The molecule has 200 valence electrons. The molecule has 2 atom stereocenters. The molecule has 0 saturated carbocycles. The van der Waals surface area contributed by atoms with Crippen molar-refractivity contribution in [3.63, 3.8) is 0 Å². The van der Waals surface area contributed by atoms with Gasteiger partial charge in [-0.1, -0.05) is 57.9 Å². The first-order valence-corrected chi connectivity index (χ1v) is 13.7. The van der Waals surface area contributed by atoms with E-state index in [0.717, 1.165) is 27.6 Å². The third kappa shape index (κ3) is 6.94. The van der Waals surface area contributed by atoms with Gasteiger partial charge in [0.1, 0.15) is 11.9 Å². The fourth-order valence-corrected chi connectivity index (χ4v) is 4.74. The van der Waals surface area contributed by atoms with Crippen molar-refractivity contribution in [2.75, 3.05) is 19.8 Å². The lowest BCUT2D eigenvalue weighted by atomic mass is 9.86. The monoisotopic (exact) mass is 599 g/mol. The minimum Gasteiger partial charge on any atom is -0.494 e. The third-order valence-corrected chi connectivity index (χ3v) is 7.42. The summed E-state index contributed by atoms with van der Waals surface area (Å²) in [6, 6.07) is 22.8. The van der Waals surface area contributed by atoms with Gasteiger partial charge in [-0.15, -0.1) is 0 Å². The number of carbonyl (C=O) groups is 1. The average Bonchev–Trinajstić information content (AvgIpc) is 3.26. The van der Waals surface area contributed by atoms with Crippen LogP contribution >= 0.6 is 27.5 Å².